The molecule has 0 aliphatic heterocycles. The van der Waals surface area contributed by atoms with Gasteiger partial charge in [-0.15, -0.1) is 0 Å². The summed E-state index contributed by atoms with van der Waals surface area (Å²) < 4.78 is 0. The van der Waals surface area contributed by atoms with Crippen molar-refractivity contribution in [2.75, 3.05) is 19.0 Å². The fraction of sp³-hybridized carbons (Fsp3) is 0.188. The molecule has 0 amide bonds. The van der Waals surface area contributed by atoms with E-state index >= 15 is 0 Å². The van der Waals surface area contributed by atoms with Gasteiger partial charge in [0.15, 0.2) is 0 Å². The number of rotatable bonds is 4. The van der Waals surface area contributed by atoms with E-state index in [4.69, 9.17) is 0 Å². The number of nitro benzene ring substituents is 1. The lowest BCUT2D eigenvalue weighted by atomic mass is 10.1. The number of benzene rings is 1. The predicted octanol–water partition coefficient (Wildman–Crippen LogP) is 3.53. The van der Waals surface area contributed by atoms with E-state index < -0.39 is 0 Å². The fourth-order valence-corrected chi connectivity index (χ4v) is 1.96. The number of aryl methyl sites for hydroxylation is 1. The Balaban J connectivity index is 2.40. The van der Waals surface area contributed by atoms with Gasteiger partial charge in [0.05, 0.1) is 10.5 Å². The molecule has 0 spiro atoms. The van der Waals surface area contributed by atoms with E-state index in [9.17, 15) is 10.1 Å². The number of pyridine rings is 1. The molecule has 0 aliphatic carbocycles. The Labute approximate surface area is 123 Å². The van der Waals surface area contributed by atoms with E-state index in [-0.39, 0.29) is 10.6 Å². The van der Waals surface area contributed by atoms with Crippen LogP contribution in [-0.4, -0.2) is 24.0 Å². The van der Waals surface area contributed by atoms with Gasteiger partial charge < -0.3 is 4.90 Å². The van der Waals surface area contributed by atoms with Crippen LogP contribution < -0.4 is 4.90 Å². The van der Waals surface area contributed by atoms with Gasteiger partial charge in [-0.2, -0.15) is 0 Å². The Morgan fingerprint density at radius 2 is 1.90 bits per heavy atom. The van der Waals surface area contributed by atoms with Gasteiger partial charge in [0.25, 0.3) is 5.69 Å². The van der Waals surface area contributed by atoms with Gasteiger partial charge in [0.2, 0.25) is 0 Å². The van der Waals surface area contributed by atoms with Crippen molar-refractivity contribution in [3.63, 3.8) is 0 Å². The van der Waals surface area contributed by atoms with Crippen LogP contribution in [0.3, 0.4) is 0 Å². The molecule has 21 heavy (non-hydrogen) atoms. The third-order valence-corrected chi connectivity index (χ3v) is 3.23. The lowest BCUT2D eigenvalue weighted by Gasteiger charge is -2.12. The monoisotopic (exact) mass is 283 g/mol. The largest absolute Gasteiger partial charge is 0.377 e. The van der Waals surface area contributed by atoms with E-state index in [1.54, 1.807) is 30.6 Å². The number of aromatic nitrogens is 1. The van der Waals surface area contributed by atoms with Crippen LogP contribution in [0.4, 0.5) is 11.4 Å². The molecule has 5 nitrogen and oxygen atoms in total. The summed E-state index contributed by atoms with van der Waals surface area (Å²) in [4.78, 5) is 16.7. The molecule has 108 valence electrons. The van der Waals surface area contributed by atoms with Crippen molar-refractivity contribution in [3.8, 4) is 0 Å². The van der Waals surface area contributed by atoms with Crippen LogP contribution >= 0.6 is 0 Å². The van der Waals surface area contributed by atoms with Gasteiger partial charge in [0, 0.05) is 38.2 Å². The summed E-state index contributed by atoms with van der Waals surface area (Å²) in [5.74, 6) is 0. The predicted molar refractivity (Wildman–Crippen MR) is 85.3 cm³/mol. The molecule has 1 heterocycles. The van der Waals surface area contributed by atoms with Gasteiger partial charge in [-0.25, -0.2) is 0 Å². The summed E-state index contributed by atoms with van der Waals surface area (Å²) >= 11 is 0. The molecule has 5 heteroatoms. The van der Waals surface area contributed by atoms with Crippen molar-refractivity contribution in [2.24, 2.45) is 0 Å². The van der Waals surface area contributed by atoms with Crippen molar-refractivity contribution in [3.05, 3.63) is 63.5 Å². The van der Waals surface area contributed by atoms with Crippen LogP contribution in [0, 0.1) is 17.0 Å². The lowest BCUT2D eigenvalue weighted by Crippen LogP contribution is -2.09. The first-order chi connectivity index (χ1) is 9.99. The zero-order valence-corrected chi connectivity index (χ0v) is 12.3. The van der Waals surface area contributed by atoms with E-state index in [1.165, 1.54) is 0 Å². The first-order valence-electron chi connectivity index (χ1n) is 6.53. The molecule has 0 saturated heterocycles. The molecule has 2 aromatic rings. The van der Waals surface area contributed by atoms with E-state index in [2.05, 4.69) is 4.98 Å². The Morgan fingerprint density at radius 3 is 2.52 bits per heavy atom. The third kappa shape index (κ3) is 3.45. The molecule has 0 unspecified atom stereocenters. The highest BCUT2D eigenvalue weighted by molar-refractivity contribution is 5.76. The molecule has 0 fully saturated rings. The maximum Gasteiger partial charge on any atom is 0.278 e. The van der Waals surface area contributed by atoms with Crippen LogP contribution in [0.5, 0.6) is 0 Å². The number of hydrogen-bond acceptors (Lipinski definition) is 4. The molecular weight excluding hydrogens is 266 g/mol. The van der Waals surface area contributed by atoms with Crippen molar-refractivity contribution in [1.82, 2.24) is 4.98 Å². The number of nitrogens with zero attached hydrogens (tertiary/aromatic N) is 3. The van der Waals surface area contributed by atoms with E-state index in [0.717, 1.165) is 16.8 Å². The number of anilines is 1. The molecule has 0 radical (unpaired) electrons. The molecule has 0 N–H and O–H groups in total. The second kappa shape index (κ2) is 6.17. The van der Waals surface area contributed by atoms with Gasteiger partial charge in [-0.3, -0.25) is 15.1 Å². The maximum absolute atomic E-state index is 11.2. The zero-order valence-electron chi connectivity index (χ0n) is 12.3. The van der Waals surface area contributed by atoms with E-state index in [1.807, 2.05) is 44.1 Å². The zero-order chi connectivity index (χ0) is 15.4. The first kappa shape index (κ1) is 14.7. The normalized spacial score (nSPS) is 10.8. The lowest BCUT2D eigenvalue weighted by molar-refractivity contribution is -0.385. The highest BCUT2D eigenvalue weighted by Crippen LogP contribution is 2.26. The highest BCUT2D eigenvalue weighted by atomic mass is 16.6. The van der Waals surface area contributed by atoms with Gasteiger partial charge >= 0.3 is 0 Å². The summed E-state index contributed by atoms with van der Waals surface area (Å²) in [6, 6.07) is 7.09. The van der Waals surface area contributed by atoms with Gasteiger partial charge in [0.1, 0.15) is 0 Å². The summed E-state index contributed by atoms with van der Waals surface area (Å²) in [7, 11) is 3.71. The Bertz CT molecular complexity index is 694. The highest BCUT2D eigenvalue weighted by Gasteiger charge is 2.13. The van der Waals surface area contributed by atoms with Crippen molar-refractivity contribution in [2.45, 2.75) is 6.92 Å². The Morgan fingerprint density at radius 1 is 1.19 bits per heavy atom. The topological polar surface area (TPSA) is 59.3 Å². The quantitative estimate of drug-likeness (QED) is 0.636. The third-order valence-electron chi connectivity index (χ3n) is 3.23. The number of nitro groups is 1. The second-order valence-corrected chi connectivity index (χ2v) is 4.96. The summed E-state index contributed by atoms with van der Waals surface area (Å²) in [5.41, 5.74) is 3.52. The minimum Gasteiger partial charge on any atom is -0.377 e. The molecule has 0 bridgehead atoms. The summed E-state index contributed by atoms with van der Waals surface area (Å²) in [6.07, 6.45) is 7.11. The van der Waals surface area contributed by atoms with Gasteiger partial charge in [-0.1, -0.05) is 6.08 Å². The van der Waals surface area contributed by atoms with Crippen molar-refractivity contribution >= 4 is 23.5 Å². The first-order valence-corrected chi connectivity index (χ1v) is 6.53. The SMILES string of the molecule is Cc1cnccc1/C=C/c1ccc(N(C)C)cc1[N+](=O)[O-]. The van der Waals surface area contributed by atoms with Crippen LogP contribution in [0.2, 0.25) is 0 Å². The Hall–Kier alpha value is -2.69. The fourth-order valence-electron chi connectivity index (χ4n) is 1.96. The number of hydrogen-bond donors (Lipinski definition) is 0. The minimum atomic E-state index is -0.355. The molecule has 0 atom stereocenters. The maximum atomic E-state index is 11.2. The Kier molecular flexibility index (Phi) is 4.33. The standard InChI is InChI=1S/C16H17N3O2/c1-12-11-17-9-8-13(12)4-5-14-6-7-15(18(2)3)10-16(14)19(20)21/h4-11H,1-3H3/b5-4+. The van der Waals surface area contributed by atoms with Crippen LogP contribution in [0.25, 0.3) is 12.2 Å². The van der Waals surface area contributed by atoms with Crippen LogP contribution in [0.15, 0.2) is 36.7 Å². The molecule has 2 rings (SSSR count). The smallest absolute Gasteiger partial charge is 0.278 e. The minimum absolute atomic E-state index is 0.101. The molecular formula is C16H17N3O2. The average molecular weight is 283 g/mol. The van der Waals surface area contributed by atoms with Crippen LogP contribution in [0.1, 0.15) is 16.7 Å². The van der Waals surface area contributed by atoms with E-state index in [0.29, 0.717) is 5.56 Å². The molecule has 0 saturated carbocycles. The summed E-state index contributed by atoms with van der Waals surface area (Å²) in [5, 5.41) is 11.2. The van der Waals surface area contributed by atoms with Gasteiger partial charge in [-0.05, 0) is 42.3 Å². The summed E-state index contributed by atoms with van der Waals surface area (Å²) in [6.45, 7) is 1.95. The second-order valence-electron chi connectivity index (χ2n) is 4.96. The molecule has 1 aromatic heterocycles. The van der Waals surface area contributed by atoms with Crippen molar-refractivity contribution in [1.29, 1.82) is 0 Å². The van der Waals surface area contributed by atoms with Crippen molar-refractivity contribution < 1.29 is 4.92 Å². The molecule has 1 aromatic carbocycles. The van der Waals surface area contributed by atoms with Crippen LogP contribution in [-0.2, 0) is 0 Å². The molecule has 0 aliphatic rings. The average Bonchev–Trinajstić information content (AvgIpc) is 2.46.